The number of likely N-dealkylation sites (tertiary alicyclic amines) is 1. The van der Waals surface area contributed by atoms with Crippen molar-refractivity contribution in [2.45, 2.75) is 55.7 Å². The summed E-state index contributed by atoms with van der Waals surface area (Å²) >= 11 is 1.62. The molecule has 3 amide bonds. The highest BCUT2D eigenvalue weighted by atomic mass is 32.2. The van der Waals surface area contributed by atoms with E-state index >= 15 is 9.59 Å². The number of rotatable bonds is 13. The van der Waals surface area contributed by atoms with Gasteiger partial charge >= 0.3 is 0 Å². The van der Waals surface area contributed by atoms with Crippen molar-refractivity contribution < 1.29 is 24.2 Å². The molecule has 6 rings (SSSR count). The topological polar surface area (TPSA) is 90.4 Å². The van der Waals surface area contributed by atoms with Crippen LogP contribution < -0.4 is 14.5 Å². The first kappa shape index (κ1) is 34.5. The van der Waals surface area contributed by atoms with Crippen molar-refractivity contribution in [1.29, 1.82) is 0 Å². The molecule has 9 heteroatoms. The predicted octanol–water partition coefficient (Wildman–Crippen LogP) is 6.27. The number of aliphatic hydroxyl groups excluding tert-OH is 1. The fraction of sp³-hybridized carbons (Fsp3) is 0.375. The molecule has 3 aliphatic heterocycles. The van der Waals surface area contributed by atoms with Crippen LogP contribution in [0.25, 0.3) is 0 Å². The third-order valence-electron chi connectivity index (χ3n) is 10.2. The molecular weight excluding hydrogens is 635 g/mol. The van der Waals surface area contributed by atoms with E-state index in [1.165, 1.54) is 0 Å². The van der Waals surface area contributed by atoms with Gasteiger partial charge in [0.15, 0.2) is 0 Å². The van der Waals surface area contributed by atoms with Gasteiger partial charge in [-0.3, -0.25) is 14.4 Å². The van der Waals surface area contributed by atoms with E-state index in [2.05, 4.69) is 13.2 Å². The number of aryl methyl sites for hydroxylation is 2. The fourth-order valence-electron chi connectivity index (χ4n) is 8.13. The molecule has 3 aliphatic rings. The second-order valence-corrected chi connectivity index (χ2v) is 14.7. The zero-order valence-electron chi connectivity index (χ0n) is 28.5. The Labute approximate surface area is 293 Å². The molecule has 2 unspecified atom stereocenters. The molecule has 3 fully saturated rings. The van der Waals surface area contributed by atoms with Crippen LogP contribution in [0.5, 0.6) is 5.75 Å². The zero-order chi connectivity index (χ0) is 34.9. The van der Waals surface area contributed by atoms with Gasteiger partial charge in [0.1, 0.15) is 11.8 Å². The van der Waals surface area contributed by atoms with Gasteiger partial charge in [-0.2, -0.15) is 0 Å². The van der Waals surface area contributed by atoms with E-state index in [1.54, 1.807) is 38.6 Å². The van der Waals surface area contributed by atoms with Crippen LogP contribution in [0.2, 0.25) is 0 Å². The highest BCUT2D eigenvalue weighted by Gasteiger charge is 2.75. The van der Waals surface area contributed by atoms with Crippen LogP contribution in [-0.2, 0) is 14.4 Å². The van der Waals surface area contributed by atoms with Gasteiger partial charge in [0.25, 0.3) is 5.91 Å². The molecule has 6 atom stereocenters. The van der Waals surface area contributed by atoms with Gasteiger partial charge in [-0.15, -0.1) is 24.9 Å². The molecule has 3 aromatic rings. The van der Waals surface area contributed by atoms with E-state index in [0.717, 1.165) is 22.4 Å². The number of ether oxygens (including phenoxy) is 1. The molecule has 256 valence electrons. The highest BCUT2D eigenvalue weighted by molar-refractivity contribution is 8.02. The average molecular weight is 680 g/mol. The summed E-state index contributed by atoms with van der Waals surface area (Å²) in [6.07, 6.45) is 4.70. The lowest BCUT2D eigenvalue weighted by atomic mass is 9.70. The summed E-state index contributed by atoms with van der Waals surface area (Å²) in [6, 6.07) is 21.1. The van der Waals surface area contributed by atoms with E-state index < -0.39 is 28.7 Å². The minimum absolute atomic E-state index is 0.133. The second-order valence-electron chi connectivity index (χ2n) is 13.1. The van der Waals surface area contributed by atoms with Crippen molar-refractivity contribution in [3.8, 4) is 5.75 Å². The molecule has 3 heterocycles. The van der Waals surface area contributed by atoms with Crippen LogP contribution in [0.3, 0.4) is 0 Å². The Hall–Kier alpha value is -4.34. The standard InChI is InChI=1S/C40H45N3O5S/c1-6-22-41(29-16-18-30(19-17-29)48-8-3)37(45)34-33-20-21-40(49-33)35(34)38(46)43(32(25-44)28-12-10-9-11-13-28)36(40)39(47)42(23-7-2)31-24-26(4)14-15-27(31)5/h6-7,9-19,24,32-36,44H,1-2,8,20-23,25H2,3-5H3/t32-,33+,34-,35+,36?,40?/m1/s1. The molecule has 3 aromatic carbocycles. The number of fused-ring (bicyclic) bond motifs is 1. The van der Waals surface area contributed by atoms with Gasteiger partial charge in [0.2, 0.25) is 11.8 Å². The summed E-state index contributed by atoms with van der Waals surface area (Å²) in [5, 5.41) is 10.8. The highest BCUT2D eigenvalue weighted by Crippen LogP contribution is 2.67. The van der Waals surface area contributed by atoms with Crippen LogP contribution in [0.4, 0.5) is 11.4 Å². The maximum atomic E-state index is 15.2. The molecule has 0 saturated carbocycles. The summed E-state index contributed by atoms with van der Waals surface area (Å²) in [4.78, 5) is 50.1. The SMILES string of the molecule is C=CCN(C(=O)[C@@H]1[C@@H]2CCC3(S2)C(C(=O)N(CC=C)c2cc(C)ccc2C)N([C@H](CO)c2ccccc2)C(=O)[C@H]13)c1ccc(OCC)cc1. The van der Waals surface area contributed by atoms with Crippen molar-refractivity contribution in [2.75, 3.05) is 36.1 Å². The number of hydrogen-bond acceptors (Lipinski definition) is 6. The Morgan fingerprint density at radius 1 is 1.02 bits per heavy atom. The van der Waals surface area contributed by atoms with Gasteiger partial charge in [0, 0.05) is 29.7 Å². The zero-order valence-corrected chi connectivity index (χ0v) is 29.3. The molecule has 1 N–H and O–H groups in total. The maximum Gasteiger partial charge on any atom is 0.251 e. The molecule has 0 radical (unpaired) electrons. The van der Waals surface area contributed by atoms with Crippen LogP contribution >= 0.6 is 11.8 Å². The number of carbonyl (C=O) groups is 3. The number of amides is 3. The number of anilines is 2. The van der Waals surface area contributed by atoms with E-state index in [1.807, 2.05) is 93.6 Å². The number of aliphatic hydroxyl groups is 1. The first-order valence-corrected chi connectivity index (χ1v) is 17.9. The van der Waals surface area contributed by atoms with Crippen molar-refractivity contribution in [1.82, 2.24) is 4.90 Å². The maximum absolute atomic E-state index is 15.2. The quantitative estimate of drug-likeness (QED) is 0.215. The minimum Gasteiger partial charge on any atom is -0.494 e. The van der Waals surface area contributed by atoms with Crippen LogP contribution in [0.1, 0.15) is 42.5 Å². The van der Waals surface area contributed by atoms with Gasteiger partial charge in [-0.1, -0.05) is 54.6 Å². The largest absolute Gasteiger partial charge is 0.494 e. The first-order chi connectivity index (χ1) is 23.7. The van der Waals surface area contributed by atoms with Crippen LogP contribution in [-0.4, -0.2) is 70.1 Å². The lowest BCUT2D eigenvalue weighted by Crippen LogP contribution is -2.56. The van der Waals surface area contributed by atoms with Crippen LogP contribution in [0.15, 0.2) is 98.1 Å². The second kappa shape index (κ2) is 14.3. The lowest BCUT2D eigenvalue weighted by molar-refractivity contribution is -0.142. The monoisotopic (exact) mass is 679 g/mol. The molecule has 0 aliphatic carbocycles. The Morgan fingerprint density at radius 3 is 2.37 bits per heavy atom. The Balaban J connectivity index is 1.46. The number of carbonyl (C=O) groups excluding carboxylic acids is 3. The summed E-state index contributed by atoms with van der Waals surface area (Å²) in [7, 11) is 0. The van der Waals surface area contributed by atoms with E-state index in [4.69, 9.17) is 4.74 Å². The molecule has 8 nitrogen and oxygen atoms in total. The van der Waals surface area contributed by atoms with E-state index in [0.29, 0.717) is 30.9 Å². The Kier molecular flexibility index (Phi) is 10.0. The number of thioether (sulfide) groups is 1. The molecule has 0 aromatic heterocycles. The minimum atomic E-state index is -0.909. The van der Waals surface area contributed by atoms with Crippen LogP contribution in [0, 0.1) is 25.7 Å². The Morgan fingerprint density at radius 2 is 1.71 bits per heavy atom. The van der Waals surface area contributed by atoms with Gasteiger partial charge in [-0.25, -0.2) is 0 Å². The third-order valence-corrected chi connectivity index (χ3v) is 12.2. The number of benzene rings is 3. The summed E-state index contributed by atoms with van der Waals surface area (Å²) in [5.41, 5.74) is 4.12. The van der Waals surface area contributed by atoms with Gasteiger partial charge < -0.3 is 24.5 Å². The summed E-state index contributed by atoms with van der Waals surface area (Å²) < 4.78 is 4.78. The molecule has 3 saturated heterocycles. The summed E-state index contributed by atoms with van der Waals surface area (Å²) in [6.45, 7) is 14.4. The Bertz CT molecular complexity index is 1730. The molecular formula is C40H45N3O5S. The molecule has 49 heavy (non-hydrogen) atoms. The van der Waals surface area contributed by atoms with Gasteiger partial charge in [0.05, 0.1) is 35.8 Å². The first-order valence-electron chi connectivity index (χ1n) is 17.0. The fourth-order valence-corrected chi connectivity index (χ4v) is 10.3. The lowest BCUT2D eigenvalue weighted by Gasteiger charge is -2.40. The van der Waals surface area contributed by atoms with E-state index in [-0.39, 0.29) is 42.7 Å². The van der Waals surface area contributed by atoms with Crippen molar-refractivity contribution in [3.63, 3.8) is 0 Å². The predicted molar refractivity (Wildman–Crippen MR) is 196 cm³/mol. The number of hydrogen-bond donors (Lipinski definition) is 1. The average Bonchev–Trinajstić information content (AvgIpc) is 3.76. The normalized spacial score (nSPS) is 24.3. The van der Waals surface area contributed by atoms with Gasteiger partial charge in [-0.05, 0) is 80.6 Å². The summed E-state index contributed by atoms with van der Waals surface area (Å²) in [5.74, 6) is -1.34. The van der Waals surface area contributed by atoms with E-state index in [9.17, 15) is 9.90 Å². The molecule has 2 bridgehead atoms. The third kappa shape index (κ3) is 5.97. The smallest absolute Gasteiger partial charge is 0.251 e. The van der Waals surface area contributed by atoms with Crippen molar-refractivity contribution in [3.05, 3.63) is 115 Å². The number of nitrogens with zero attached hydrogens (tertiary/aromatic N) is 3. The van der Waals surface area contributed by atoms with Crippen molar-refractivity contribution in [2.24, 2.45) is 11.8 Å². The molecule has 1 spiro atoms. The van der Waals surface area contributed by atoms with Crippen molar-refractivity contribution >= 4 is 40.9 Å².